The maximum atomic E-state index is 12.0. The lowest BCUT2D eigenvalue weighted by Gasteiger charge is -2.35. The van der Waals surface area contributed by atoms with Gasteiger partial charge >= 0.3 is 0 Å². The summed E-state index contributed by atoms with van der Waals surface area (Å²) < 4.78 is 6.24. The van der Waals surface area contributed by atoms with Gasteiger partial charge in [0.2, 0.25) is 5.91 Å². The van der Waals surface area contributed by atoms with Crippen LogP contribution in [0.15, 0.2) is 48.7 Å². The minimum Gasteiger partial charge on any atom is -0.506 e. The van der Waals surface area contributed by atoms with Crippen LogP contribution in [-0.4, -0.2) is 58.9 Å². The van der Waals surface area contributed by atoms with E-state index in [0.717, 1.165) is 47.2 Å². The summed E-state index contributed by atoms with van der Waals surface area (Å²) in [4.78, 5) is 14.0. The molecule has 31 heavy (non-hydrogen) atoms. The van der Waals surface area contributed by atoms with E-state index in [-0.39, 0.29) is 23.8 Å². The van der Waals surface area contributed by atoms with Gasteiger partial charge in [-0.05, 0) is 49.5 Å². The van der Waals surface area contributed by atoms with E-state index in [1.54, 1.807) is 30.5 Å². The van der Waals surface area contributed by atoms with Crippen LogP contribution in [0.25, 0.3) is 22.0 Å². The highest BCUT2D eigenvalue weighted by molar-refractivity contribution is 6.32. The number of fused-ring (bicyclic) bond motifs is 1. The Labute approximate surface area is 185 Å². The van der Waals surface area contributed by atoms with E-state index in [1.165, 1.54) is 0 Å². The van der Waals surface area contributed by atoms with Gasteiger partial charge in [0.25, 0.3) is 0 Å². The number of rotatable bonds is 7. The predicted octanol–water partition coefficient (Wildman–Crippen LogP) is 3.73. The van der Waals surface area contributed by atoms with Crippen LogP contribution in [0.4, 0.5) is 0 Å². The Balaban J connectivity index is 1.42. The van der Waals surface area contributed by atoms with Crippen molar-refractivity contribution in [3.8, 4) is 22.6 Å². The number of phenolic OH excluding ortho intramolecular Hbond substituents is 1. The van der Waals surface area contributed by atoms with Crippen molar-refractivity contribution < 1.29 is 14.6 Å². The average molecular weight is 441 g/mol. The van der Waals surface area contributed by atoms with Gasteiger partial charge in [0.1, 0.15) is 17.6 Å². The number of carbonyl (C=O) groups excluding carboxylic acids is 1. The van der Waals surface area contributed by atoms with E-state index in [9.17, 15) is 9.90 Å². The lowest BCUT2D eigenvalue weighted by Crippen LogP contribution is -2.48. The van der Waals surface area contributed by atoms with E-state index < -0.39 is 0 Å². The number of phenols is 1. The minimum atomic E-state index is -0.0752. The van der Waals surface area contributed by atoms with E-state index >= 15 is 0 Å². The molecular weight excluding hydrogens is 416 g/mol. The molecule has 1 fully saturated rings. The number of amides is 1. The molecule has 0 bridgehead atoms. The third-order valence-corrected chi connectivity index (χ3v) is 5.58. The fourth-order valence-corrected chi connectivity index (χ4v) is 3.73. The molecule has 1 heterocycles. The average Bonchev–Trinajstić information content (AvgIpc) is 3.17. The number of H-pyrrole nitrogens is 1. The SMILES string of the molecule is CN(C)C/C=C/C(=O)NC1CC(Oc2cc(-c3ccc(O)c(Cl)c3)cc3[nH]ncc23)C1. The molecule has 0 unspecified atom stereocenters. The number of carbonyl (C=O) groups is 1. The molecule has 2 aromatic carbocycles. The van der Waals surface area contributed by atoms with Gasteiger partial charge in [0.05, 0.1) is 22.1 Å². The van der Waals surface area contributed by atoms with Gasteiger partial charge in [-0.15, -0.1) is 0 Å². The lowest BCUT2D eigenvalue weighted by atomic mass is 9.89. The van der Waals surface area contributed by atoms with Gasteiger partial charge in [-0.2, -0.15) is 5.10 Å². The van der Waals surface area contributed by atoms with Crippen LogP contribution in [-0.2, 0) is 4.79 Å². The molecule has 1 amide bonds. The minimum absolute atomic E-state index is 0.0211. The Morgan fingerprint density at radius 3 is 2.87 bits per heavy atom. The third-order valence-electron chi connectivity index (χ3n) is 5.28. The molecule has 1 aliphatic rings. The number of nitrogens with zero attached hydrogens (tertiary/aromatic N) is 2. The molecule has 0 saturated heterocycles. The van der Waals surface area contributed by atoms with Crippen molar-refractivity contribution in [1.82, 2.24) is 20.4 Å². The number of aromatic amines is 1. The third kappa shape index (κ3) is 5.00. The smallest absolute Gasteiger partial charge is 0.243 e. The molecule has 8 heteroatoms. The van der Waals surface area contributed by atoms with Crippen molar-refractivity contribution in [2.45, 2.75) is 25.0 Å². The van der Waals surface area contributed by atoms with E-state index in [4.69, 9.17) is 16.3 Å². The zero-order chi connectivity index (χ0) is 22.0. The number of hydrogen-bond donors (Lipinski definition) is 3. The molecule has 1 aliphatic carbocycles. The number of hydrogen-bond acceptors (Lipinski definition) is 5. The Bertz CT molecular complexity index is 1120. The van der Waals surface area contributed by atoms with Crippen LogP contribution in [0.1, 0.15) is 12.8 Å². The van der Waals surface area contributed by atoms with Gasteiger partial charge < -0.3 is 20.1 Å². The van der Waals surface area contributed by atoms with Crippen LogP contribution >= 0.6 is 11.6 Å². The quantitative estimate of drug-likeness (QED) is 0.487. The molecule has 162 valence electrons. The first-order valence-corrected chi connectivity index (χ1v) is 10.5. The first-order chi connectivity index (χ1) is 14.9. The summed E-state index contributed by atoms with van der Waals surface area (Å²) in [7, 11) is 3.91. The van der Waals surface area contributed by atoms with E-state index in [2.05, 4.69) is 15.5 Å². The van der Waals surface area contributed by atoms with E-state index in [1.807, 2.05) is 37.2 Å². The van der Waals surface area contributed by atoms with Gasteiger partial charge in [0.15, 0.2) is 0 Å². The van der Waals surface area contributed by atoms with Gasteiger partial charge in [-0.1, -0.05) is 23.7 Å². The molecule has 1 saturated carbocycles. The molecule has 7 nitrogen and oxygen atoms in total. The Kier molecular flexibility index (Phi) is 6.15. The van der Waals surface area contributed by atoms with Crippen molar-refractivity contribution in [3.05, 3.63) is 53.7 Å². The number of halogens is 1. The normalized spacial score (nSPS) is 18.5. The molecule has 3 N–H and O–H groups in total. The standard InChI is InChI=1S/C23H25ClN4O3/c1-28(2)7-3-4-23(30)26-16-11-17(12-16)31-22-10-15(9-20-18(22)13-25-27-20)14-5-6-21(29)19(24)8-14/h3-6,8-10,13,16-17,29H,7,11-12H2,1-2H3,(H,25,27)(H,26,30)/b4-3+. The van der Waals surface area contributed by atoms with Crippen molar-refractivity contribution >= 4 is 28.4 Å². The lowest BCUT2D eigenvalue weighted by molar-refractivity contribution is -0.118. The zero-order valence-electron chi connectivity index (χ0n) is 17.4. The molecule has 0 aliphatic heterocycles. The number of benzene rings is 2. The second kappa shape index (κ2) is 8.99. The summed E-state index contributed by atoms with van der Waals surface area (Å²) in [6.07, 6.45) is 6.69. The number of aromatic nitrogens is 2. The maximum absolute atomic E-state index is 12.0. The van der Waals surface area contributed by atoms with Crippen molar-refractivity contribution in [3.63, 3.8) is 0 Å². The topological polar surface area (TPSA) is 90.5 Å². The van der Waals surface area contributed by atoms with Crippen LogP contribution in [0.5, 0.6) is 11.5 Å². The van der Waals surface area contributed by atoms with Crippen molar-refractivity contribution in [2.24, 2.45) is 0 Å². The van der Waals surface area contributed by atoms with Crippen LogP contribution in [0, 0.1) is 0 Å². The summed E-state index contributed by atoms with van der Waals surface area (Å²) in [6.45, 7) is 0.729. The van der Waals surface area contributed by atoms with Crippen LogP contribution in [0.2, 0.25) is 5.02 Å². The fraction of sp³-hybridized carbons (Fsp3) is 0.304. The Hall–Kier alpha value is -3.03. The second-order valence-electron chi connectivity index (χ2n) is 8.05. The first kappa shape index (κ1) is 21.2. The number of aromatic hydroxyl groups is 1. The van der Waals surface area contributed by atoms with Gasteiger partial charge in [-0.3, -0.25) is 9.89 Å². The monoisotopic (exact) mass is 440 g/mol. The Morgan fingerprint density at radius 1 is 1.32 bits per heavy atom. The van der Waals surface area contributed by atoms with Gasteiger partial charge in [0, 0.05) is 31.5 Å². The molecule has 4 rings (SSSR count). The first-order valence-electron chi connectivity index (χ1n) is 10.1. The summed E-state index contributed by atoms with van der Waals surface area (Å²) in [6, 6.07) is 9.14. The largest absolute Gasteiger partial charge is 0.506 e. The summed E-state index contributed by atoms with van der Waals surface area (Å²) >= 11 is 6.08. The molecule has 0 atom stereocenters. The summed E-state index contributed by atoms with van der Waals surface area (Å²) in [5.74, 6) is 0.698. The molecular formula is C23H25ClN4O3. The zero-order valence-corrected chi connectivity index (χ0v) is 18.2. The van der Waals surface area contributed by atoms with E-state index in [0.29, 0.717) is 5.02 Å². The van der Waals surface area contributed by atoms with Crippen molar-refractivity contribution in [2.75, 3.05) is 20.6 Å². The van der Waals surface area contributed by atoms with Crippen molar-refractivity contribution in [1.29, 1.82) is 0 Å². The molecule has 1 aromatic heterocycles. The fourth-order valence-electron chi connectivity index (χ4n) is 3.55. The van der Waals surface area contributed by atoms with Crippen LogP contribution < -0.4 is 10.1 Å². The molecule has 0 radical (unpaired) electrons. The van der Waals surface area contributed by atoms with Gasteiger partial charge in [-0.25, -0.2) is 0 Å². The highest BCUT2D eigenvalue weighted by atomic mass is 35.5. The second-order valence-corrected chi connectivity index (χ2v) is 8.46. The highest BCUT2D eigenvalue weighted by Gasteiger charge is 2.32. The molecule has 3 aromatic rings. The summed E-state index contributed by atoms with van der Waals surface area (Å²) in [5, 5.41) is 21.0. The molecule has 0 spiro atoms. The maximum Gasteiger partial charge on any atom is 0.243 e. The highest BCUT2D eigenvalue weighted by Crippen LogP contribution is 2.36. The number of ether oxygens (including phenoxy) is 1. The summed E-state index contributed by atoms with van der Waals surface area (Å²) in [5.41, 5.74) is 2.63. The number of likely N-dealkylation sites (N-methyl/N-ethyl adjacent to an activating group) is 1. The Morgan fingerprint density at radius 2 is 2.13 bits per heavy atom. The van der Waals surface area contributed by atoms with Crippen LogP contribution in [0.3, 0.4) is 0 Å². The number of nitrogens with one attached hydrogen (secondary N) is 2. The predicted molar refractivity (Wildman–Crippen MR) is 121 cm³/mol.